The number of anilines is 2. The van der Waals surface area contributed by atoms with Gasteiger partial charge in [-0.25, -0.2) is 17.8 Å². The molecule has 0 N–H and O–H groups in total. The highest BCUT2D eigenvalue weighted by molar-refractivity contribution is 7.89. The van der Waals surface area contributed by atoms with Crippen LogP contribution in [0.5, 0.6) is 0 Å². The number of aromatic nitrogens is 5. The van der Waals surface area contributed by atoms with Gasteiger partial charge in [-0.05, 0) is 24.6 Å². The molecule has 2 saturated heterocycles. The molecule has 180 valence electrons. The highest BCUT2D eigenvalue weighted by Gasteiger charge is 2.31. The largest absolute Gasteiger partial charge is 0.378 e. The van der Waals surface area contributed by atoms with Gasteiger partial charge in [0.25, 0.3) is 0 Å². The molecule has 0 saturated carbocycles. The number of morpholine rings is 1. The summed E-state index contributed by atoms with van der Waals surface area (Å²) in [6.45, 7) is 5.45. The quantitative estimate of drug-likeness (QED) is 0.516. The molecular weight excluding hydrogens is 463 g/mol. The van der Waals surface area contributed by atoms with E-state index >= 15 is 0 Å². The van der Waals surface area contributed by atoms with Crippen molar-refractivity contribution in [2.24, 2.45) is 0 Å². The monoisotopic (exact) mass is 488 g/mol. The van der Waals surface area contributed by atoms with Gasteiger partial charge in [0.1, 0.15) is 12.1 Å². The van der Waals surface area contributed by atoms with Crippen molar-refractivity contribution in [3.8, 4) is 5.95 Å². The van der Waals surface area contributed by atoms with Crippen molar-refractivity contribution >= 4 is 21.9 Å². The van der Waals surface area contributed by atoms with Gasteiger partial charge in [0, 0.05) is 51.7 Å². The summed E-state index contributed by atoms with van der Waals surface area (Å²) in [6, 6.07) is 3.82. The lowest BCUT2D eigenvalue weighted by atomic mass is 10.2. The van der Waals surface area contributed by atoms with Gasteiger partial charge in [-0.15, -0.1) is 0 Å². The zero-order valence-corrected chi connectivity index (χ0v) is 19.5. The summed E-state index contributed by atoms with van der Waals surface area (Å²) in [5, 5.41) is 0. The number of halogens is 1. The molecule has 2 aliphatic heterocycles. The highest BCUT2D eigenvalue weighted by atomic mass is 32.2. The van der Waals surface area contributed by atoms with Crippen molar-refractivity contribution in [2.45, 2.75) is 11.8 Å². The zero-order chi connectivity index (χ0) is 23.7. The van der Waals surface area contributed by atoms with E-state index in [0.29, 0.717) is 62.8 Å². The van der Waals surface area contributed by atoms with Crippen LogP contribution in [0.2, 0.25) is 0 Å². The van der Waals surface area contributed by atoms with Crippen LogP contribution < -0.4 is 9.80 Å². The topological polar surface area (TPSA) is 110 Å². The summed E-state index contributed by atoms with van der Waals surface area (Å²) in [4.78, 5) is 22.0. The van der Waals surface area contributed by atoms with Crippen molar-refractivity contribution in [3.05, 3.63) is 48.3 Å². The first-order valence-corrected chi connectivity index (χ1v) is 12.4. The van der Waals surface area contributed by atoms with Crippen molar-refractivity contribution in [1.82, 2.24) is 28.8 Å². The molecule has 4 heterocycles. The molecule has 5 rings (SSSR count). The number of ether oxygens (including phenoxy) is 1. The predicted molar refractivity (Wildman–Crippen MR) is 122 cm³/mol. The molecule has 34 heavy (non-hydrogen) atoms. The van der Waals surface area contributed by atoms with E-state index in [2.05, 4.69) is 19.9 Å². The first-order chi connectivity index (χ1) is 16.4. The molecule has 1 aromatic carbocycles. The molecule has 13 heteroatoms. The van der Waals surface area contributed by atoms with Gasteiger partial charge in [-0.2, -0.15) is 19.3 Å². The summed E-state index contributed by atoms with van der Waals surface area (Å²) in [5.41, 5.74) is 0.515. The van der Waals surface area contributed by atoms with Crippen LogP contribution in [0.1, 0.15) is 5.56 Å². The summed E-state index contributed by atoms with van der Waals surface area (Å²) in [7, 11) is -3.81. The number of aryl methyl sites for hydroxylation is 1. The lowest BCUT2D eigenvalue weighted by molar-refractivity contribution is 0.122. The van der Waals surface area contributed by atoms with Gasteiger partial charge >= 0.3 is 0 Å². The summed E-state index contributed by atoms with van der Waals surface area (Å²) in [6.07, 6.45) is 5.03. The number of rotatable bonds is 5. The second-order valence-corrected chi connectivity index (χ2v) is 10.0. The second kappa shape index (κ2) is 9.24. The molecule has 11 nitrogen and oxygen atoms in total. The van der Waals surface area contributed by atoms with Crippen molar-refractivity contribution in [1.29, 1.82) is 0 Å². The van der Waals surface area contributed by atoms with Crippen molar-refractivity contribution in [3.63, 3.8) is 0 Å². The fourth-order valence-corrected chi connectivity index (χ4v) is 5.66. The van der Waals surface area contributed by atoms with E-state index in [0.717, 1.165) is 6.07 Å². The van der Waals surface area contributed by atoms with Gasteiger partial charge in [-0.3, -0.25) is 4.57 Å². The fraction of sp³-hybridized carbons (Fsp3) is 0.429. The SMILES string of the molecule is Cc1ccc(F)cc1S(=O)(=O)N1CCN(c2nc(N3CCOCC3)nc(-n3ccnc3)n2)CC1. The highest BCUT2D eigenvalue weighted by Crippen LogP contribution is 2.24. The van der Waals surface area contributed by atoms with Gasteiger partial charge in [0.15, 0.2) is 0 Å². The van der Waals surface area contributed by atoms with Gasteiger partial charge in [-0.1, -0.05) is 6.07 Å². The first-order valence-electron chi connectivity index (χ1n) is 11.0. The molecular formula is C21H25FN8O3S. The molecule has 0 bridgehead atoms. The van der Waals surface area contributed by atoms with Gasteiger partial charge < -0.3 is 14.5 Å². The summed E-state index contributed by atoms with van der Waals surface area (Å²) >= 11 is 0. The third-order valence-electron chi connectivity index (χ3n) is 5.92. The zero-order valence-electron chi connectivity index (χ0n) is 18.7. The predicted octanol–water partition coefficient (Wildman–Crippen LogP) is 0.852. The Balaban J connectivity index is 1.39. The standard InChI is InChI=1S/C21H25FN8O3S/c1-16-2-3-17(22)14-18(16)34(31,32)30-8-6-27(7-9-30)19-24-20(28-10-12-33-13-11-28)26-21(25-19)29-5-4-23-15-29/h2-5,14-15H,6-13H2,1H3. The summed E-state index contributed by atoms with van der Waals surface area (Å²) in [5.74, 6) is 0.881. The maximum atomic E-state index is 13.7. The van der Waals surface area contributed by atoms with E-state index in [1.54, 1.807) is 30.2 Å². The Bertz CT molecular complexity index is 1260. The minimum atomic E-state index is -3.81. The lowest BCUT2D eigenvalue weighted by Gasteiger charge is -2.35. The molecule has 2 aliphatic rings. The summed E-state index contributed by atoms with van der Waals surface area (Å²) < 4.78 is 48.6. The van der Waals surface area contributed by atoms with Crippen molar-refractivity contribution in [2.75, 3.05) is 62.3 Å². The van der Waals surface area contributed by atoms with Crippen LogP contribution in [0, 0.1) is 12.7 Å². The molecule has 2 fully saturated rings. The van der Waals surface area contributed by atoms with Gasteiger partial charge in [0.2, 0.25) is 27.9 Å². The van der Waals surface area contributed by atoms with E-state index in [-0.39, 0.29) is 18.0 Å². The number of hydrogen-bond acceptors (Lipinski definition) is 9. The minimum Gasteiger partial charge on any atom is -0.378 e. The average molecular weight is 489 g/mol. The second-order valence-electron chi connectivity index (χ2n) is 8.11. The molecule has 0 amide bonds. The van der Waals surface area contributed by atoms with E-state index in [1.165, 1.54) is 16.4 Å². The van der Waals surface area contributed by atoms with Crippen LogP contribution in [0.3, 0.4) is 0 Å². The molecule has 2 aromatic heterocycles. The molecule has 0 aliphatic carbocycles. The van der Waals surface area contributed by atoms with E-state index < -0.39 is 15.8 Å². The Morgan fingerprint density at radius 2 is 1.56 bits per heavy atom. The number of imidazole rings is 1. The smallest absolute Gasteiger partial charge is 0.243 e. The van der Waals surface area contributed by atoms with E-state index in [1.807, 2.05) is 9.80 Å². The maximum Gasteiger partial charge on any atom is 0.243 e. The van der Waals surface area contributed by atoms with Crippen LogP contribution in [0.25, 0.3) is 5.95 Å². The Kier molecular flexibility index (Phi) is 6.15. The molecule has 0 atom stereocenters. The Labute approximate surface area is 196 Å². The first kappa shape index (κ1) is 22.6. The Morgan fingerprint density at radius 1 is 0.912 bits per heavy atom. The molecule has 0 unspecified atom stereocenters. The number of nitrogens with zero attached hydrogens (tertiary/aromatic N) is 8. The lowest BCUT2D eigenvalue weighted by Crippen LogP contribution is -2.49. The third-order valence-corrected chi connectivity index (χ3v) is 7.96. The van der Waals surface area contributed by atoms with Crippen LogP contribution in [-0.2, 0) is 14.8 Å². The Hall–Kier alpha value is -3.16. The minimum absolute atomic E-state index is 0.00175. The normalized spacial score (nSPS) is 17.8. The van der Waals surface area contributed by atoms with Gasteiger partial charge in [0.05, 0.1) is 18.1 Å². The number of piperazine rings is 1. The van der Waals surface area contributed by atoms with Crippen LogP contribution in [-0.4, -0.2) is 89.7 Å². The van der Waals surface area contributed by atoms with Crippen molar-refractivity contribution < 1.29 is 17.5 Å². The Morgan fingerprint density at radius 3 is 2.21 bits per heavy atom. The molecule has 0 radical (unpaired) electrons. The number of hydrogen-bond donors (Lipinski definition) is 0. The fourth-order valence-electron chi connectivity index (χ4n) is 4.00. The van der Waals surface area contributed by atoms with Crippen LogP contribution in [0.15, 0.2) is 41.8 Å². The molecule has 0 spiro atoms. The number of benzene rings is 1. The average Bonchev–Trinajstić information content (AvgIpc) is 3.41. The van der Waals surface area contributed by atoms with Crippen LogP contribution in [0.4, 0.5) is 16.3 Å². The molecule has 3 aromatic rings. The van der Waals surface area contributed by atoms with E-state index in [9.17, 15) is 12.8 Å². The maximum absolute atomic E-state index is 13.7. The number of sulfonamides is 1. The third kappa shape index (κ3) is 4.45. The van der Waals surface area contributed by atoms with Crippen LogP contribution >= 0.6 is 0 Å². The van der Waals surface area contributed by atoms with E-state index in [4.69, 9.17) is 4.74 Å².